The van der Waals surface area contributed by atoms with Crippen LogP contribution in [0.25, 0.3) is 0 Å². The lowest BCUT2D eigenvalue weighted by molar-refractivity contribution is -0.115. The van der Waals surface area contributed by atoms with Gasteiger partial charge in [0.05, 0.1) is 18.1 Å². The van der Waals surface area contributed by atoms with Gasteiger partial charge in [0.15, 0.2) is 4.34 Å². The topological polar surface area (TPSA) is 89.3 Å². The fourth-order valence-corrected chi connectivity index (χ4v) is 4.48. The molecule has 9 heteroatoms. The number of hydrogen-bond acceptors (Lipinski definition) is 8. The van der Waals surface area contributed by atoms with Gasteiger partial charge in [0.1, 0.15) is 17.3 Å². The van der Waals surface area contributed by atoms with Crippen LogP contribution in [0, 0.1) is 0 Å². The van der Waals surface area contributed by atoms with Crippen LogP contribution in [0.4, 0.5) is 10.8 Å². The van der Waals surface area contributed by atoms with E-state index in [1.807, 2.05) is 73.7 Å². The molecular formula is C22H20N4O3S2. The summed E-state index contributed by atoms with van der Waals surface area (Å²) < 4.78 is 11.8. The molecule has 0 saturated carbocycles. The fraction of sp³-hybridized carbons (Fsp3) is 0.136. The molecule has 0 aliphatic heterocycles. The van der Waals surface area contributed by atoms with Crippen molar-refractivity contribution in [2.45, 2.75) is 23.1 Å². The van der Waals surface area contributed by atoms with Crippen LogP contribution in [-0.4, -0.2) is 21.4 Å². The standard InChI is InChI=1S/C22H20N4O3S2/c1-15(30-22-26-25-21(31-22)23-14-19-8-5-13-28-19)20(27)24-16-9-11-18(12-10-16)29-17-6-3-2-4-7-17/h2-13,15H,14H2,1H3,(H,23,25)(H,24,27). The quantitative estimate of drug-likeness (QED) is 0.317. The minimum atomic E-state index is -0.328. The van der Waals surface area contributed by atoms with Gasteiger partial charge in [-0.05, 0) is 55.5 Å². The lowest BCUT2D eigenvalue weighted by atomic mass is 10.3. The van der Waals surface area contributed by atoms with E-state index < -0.39 is 0 Å². The summed E-state index contributed by atoms with van der Waals surface area (Å²) in [6.45, 7) is 2.37. The SMILES string of the molecule is CC(Sc1nnc(NCc2ccco2)s1)C(=O)Nc1ccc(Oc2ccccc2)cc1. The second-order valence-corrected chi connectivity index (χ2v) is 9.06. The second-order valence-electron chi connectivity index (χ2n) is 6.49. The average molecular weight is 453 g/mol. The van der Waals surface area contributed by atoms with Gasteiger partial charge in [0, 0.05) is 5.69 Å². The molecule has 0 saturated heterocycles. The Morgan fingerprint density at radius 1 is 1.06 bits per heavy atom. The monoisotopic (exact) mass is 452 g/mol. The van der Waals surface area contributed by atoms with Gasteiger partial charge in [0.25, 0.3) is 0 Å². The van der Waals surface area contributed by atoms with Crippen LogP contribution in [-0.2, 0) is 11.3 Å². The molecule has 2 heterocycles. The maximum Gasteiger partial charge on any atom is 0.237 e. The first-order chi connectivity index (χ1) is 15.2. The lowest BCUT2D eigenvalue weighted by Gasteiger charge is -2.11. The van der Waals surface area contributed by atoms with E-state index in [1.54, 1.807) is 6.26 Å². The molecule has 1 atom stereocenters. The molecule has 4 rings (SSSR count). The largest absolute Gasteiger partial charge is 0.467 e. The molecule has 2 aromatic heterocycles. The van der Waals surface area contributed by atoms with Crippen molar-refractivity contribution in [2.75, 3.05) is 10.6 Å². The summed E-state index contributed by atoms with van der Waals surface area (Å²) in [5, 5.41) is 14.7. The number of hydrogen-bond donors (Lipinski definition) is 2. The van der Waals surface area contributed by atoms with E-state index in [0.717, 1.165) is 15.8 Å². The third-order valence-electron chi connectivity index (χ3n) is 4.15. The van der Waals surface area contributed by atoms with E-state index in [9.17, 15) is 4.79 Å². The molecule has 2 aromatic carbocycles. The van der Waals surface area contributed by atoms with Gasteiger partial charge in [-0.1, -0.05) is 41.3 Å². The van der Waals surface area contributed by atoms with Crippen molar-refractivity contribution >= 4 is 39.8 Å². The number of anilines is 2. The zero-order valence-electron chi connectivity index (χ0n) is 16.6. The number of benzene rings is 2. The van der Waals surface area contributed by atoms with E-state index >= 15 is 0 Å². The maximum atomic E-state index is 12.5. The highest BCUT2D eigenvalue weighted by Crippen LogP contribution is 2.30. The third-order valence-corrected chi connectivity index (χ3v) is 6.21. The Hall–Kier alpha value is -3.30. The highest BCUT2D eigenvalue weighted by molar-refractivity contribution is 8.02. The number of amides is 1. The molecule has 158 valence electrons. The zero-order valence-corrected chi connectivity index (χ0v) is 18.3. The van der Waals surface area contributed by atoms with Crippen molar-refractivity contribution in [3.8, 4) is 11.5 Å². The van der Waals surface area contributed by atoms with Crippen LogP contribution in [0.5, 0.6) is 11.5 Å². The Kier molecular flexibility index (Phi) is 6.85. The maximum absolute atomic E-state index is 12.5. The van der Waals surface area contributed by atoms with Crippen LogP contribution >= 0.6 is 23.1 Å². The number of ether oxygens (including phenoxy) is 1. The molecular weight excluding hydrogens is 432 g/mol. The molecule has 0 spiro atoms. The molecule has 0 radical (unpaired) electrons. The third kappa shape index (κ3) is 6.09. The number of furan rings is 1. The van der Waals surface area contributed by atoms with Crippen molar-refractivity contribution in [1.82, 2.24) is 10.2 Å². The van der Waals surface area contributed by atoms with E-state index in [-0.39, 0.29) is 11.2 Å². The van der Waals surface area contributed by atoms with Crippen molar-refractivity contribution in [2.24, 2.45) is 0 Å². The van der Waals surface area contributed by atoms with Gasteiger partial charge >= 0.3 is 0 Å². The summed E-state index contributed by atoms with van der Waals surface area (Å²) in [5.41, 5.74) is 0.705. The number of rotatable bonds is 9. The van der Waals surface area contributed by atoms with Crippen LogP contribution in [0.1, 0.15) is 12.7 Å². The number of aromatic nitrogens is 2. The summed E-state index contributed by atoms with van der Waals surface area (Å²) in [7, 11) is 0. The Bertz CT molecular complexity index is 1100. The van der Waals surface area contributed by atoms with E-state index in [0.29, 0.717) is 23.1 Å². The Balaban J connectivity index is 1.26. The molecule has 0 aliphatic carbocycles. The molecule has 7 nitrogen and oxygen atoms in total. The van der Waals surface area contributed by atoms with Gasteiger partial charge in [-0.25, -0.2) is 0 Å². The van der Waals surface area contributed by atoms with Crippen molar-refractivity contribution < 1.29 is 13.9 Å². The van der Waals surface area contributed by atoms with Gasteiger partial charge in [-0.15, -0.1) is 10.2 Å². The smallest absolute Gasteiger partial charge is 0.237 e. The van der Waals surface area contributed by atoms with Crippen LogP contribution < -0.4 is 15.4 Å². The van der Waals surface area contributed by atoms with E-state index in [2.05, 4.69) is 20.8 Å². The van der Waals surface area contributed by atoms with Crippen molar-refractivity contribution in [3.05, 3.63) is 78.8 Å². The normalized spacial score (nSPS) is 11.6. The van der Waals surface area contributed by atoms with Crippen LogP contribution in [0.3, 0.4) is 0 Å². The number of nitrogens with zero attached hydrogens (tertiary/aromatic N) is 2. The second kappa shape index (κ2) is 10.1. The highest BCUT2D eigenvalue weighted by Gasteiger charge is 2.17. The molecule has 1 unspecified atom stereocenters. The predicted octanol–water partition coefficient (Wildman–Crippen LogP) is 5.65. The van der Waals surface area contributed by atoms with Gasteiger partial charge in [-0.3, -0.25) is 4.79 Å². The first-order valence-electron chi connectivity index (χ1n) is 9.56. The summed E-state index contributed by atoms with van der Waals surface area (Å²) >= 11 is 2.77. The number of para-hydroxylation sites is 1. The predicted molar refractivity (Wildman–Crippen MR) is 123 cm³/mol. The molecule has 1 amide bonds. The van der Waals surface area contributed by atoms with Crippen molar-refractivity contribution in [1.29, 1.82) is 0 Å². The average Bonchev–Trinajstić information content (AvgIpc) is 3.46. The Morgan fingerprint density at radius 2 is 1.84 bits per heavy atom. The van der Waals surface area contributed by atoms with E-state index in [1.165, 1.54) is 23.1 Å². The Labute approximate surface area is 187 Å². The zero-order chi connectivity index (χ0) is 21.5. The molecule has 0 bridgehead atoms. The van der Waals surface area contributed by atoms with Gasteiger partial charge in [-0.2, -0.15) is 0 Å². The van der Waals surface area contributed by atoms with Gasteiger partial charge < -0.3 is 19.8 Å². The molecule has 2 N–H and O–H groups in total. The van der Waals surface area contributed by atoms with Crippen LogP contribution in [0.2, 0.25) is 0 Å². The summed E-state index contributed by atoms with van der Waals surface area (Å²) in [6.07, 6.45) is 1.63. The number of carbonyl (C=O) groups is 1. The highest BCUT2D eigenvalue weighted by atomic mass is 32.2. The minimum absolute atomic E-state index is 0.109. The Morgan fingerprint density at radius 3 is 2.58 bits per heavy atom. The summed E-state index contributed by atoms with van der Waals surface area (Å²) in [4.78, 5) is 12.5. The van der Waals surface area contributed by atoms with E-state index in [4.69, 9.17) is 9.15 Å². The number of thioether (sulfide) groups is 1. The van der Waals surface area contributed by atoms with Gasteiger partial charge in [0.2, 0.25) is 11.0 Å². The molecule has 0 fully saturated rings. The number of nitrogens with one attached hydrogen (secondary N) is 2. The summed E-state index contributed by atoms with van der Waals surface area (Å²) in [5.74, 6) is 2.17. The molecule has 31 heavy (non-hydrogen) atoms. The van der Waals surface area contributed by atoms with Crippen molar-refractivity contribution in [3.63, 3.8) is 0 Å². The summed E-state index contributed by atoms with van der Waals surface area (Å²) in [6, 6.07) is 20.5. The molecule has 0 aliphatic rings. The minimum Gasteiger partial charge on any atom is -0.467 e. The number of carbonyl (C=O) groups excluding carboxylic acids is 1. The first kappa shape index (κ1) is 21.0. The molecule has 4 aromatic rings. The first-order valence-corrected chi connectivity index (χ1v) is 11.3. The fourth-order valence-electron chi connectivity index (χ4n) is 2.58. The lowest BCUT2D eigenvalue weighted by Crippen LogP contribution is -2.22. The van der Waals surface area contributed by atoms with Crippen LogP contribution in [0.15, 0.2) is 81.8 Å².